The van der Waals surface area contributed by atoms with Gasteiger partial charge in [0.15, 0.2) is 0 Å². The molecule has 0 saturated carbocycles. The van der Waals surface area contributed by atoms with Gasteiger partial charge >= 0.3 is 17.1 Å². The van der Waals surface area contributed by atoms with Crippen molar-refractivity contribution >= 4 is 44.1 Å². The number of aromatic nitrogens is 8. The molecule has 0 spiro atoms. The molecule has 0 fully saturated rings. The van der Waals surface area contributed by atoms with E-state index in [2.05, 4.69) is 110 Å². The van der Waals surface area contributed by atoms with Gasteiger partial charge in [-0.2, -0.15) is 0 Å². The topological polar surface area (TPSA) is 114 Å². The van der Waals surface area contributed by atoms with E-state index in [4.69, 9.17) is 53.0 Å². The zero-order valence-electron chi connectivity index (χ0n) is 50.7. The van der Waals surface area contributed by atoms with E-state index in [9.17, 15) is 0 Å². The zero-order chi connectivity index (χ0) is 57.1. The molecule has 0 radical (unpaired) electrons. The van der Waals surface area contributed by atoms with Gasteiger partial charge in [-0.25, -0.2) is 23.1 Å². The fourth-order valence-electron chi connectivity index (χ4n) is 10.6. The predicted octanol–water partition coefficient (Wildman–Crippen LogP) is 19.6. The van der Waals surface area contributed by atoms with Crippen LogP contribution in [0.25, 0.3) is 99.4 Å². The predicted molar refractivity (Wildman–Crippen MR) is 337 cm³/mol. The molecule has 0 aliphatic carbocycles. The summed E-state index contributed by atoms with van der Waals surface area (Å²) < 4.78 is 0. The Morgan fingerprint density at radius 1 is 0.358 bits per heavy atom. The average Bonchev–Trinajstić information content (AvgIpc) is 4.41. The summed E-state index contributed by atoms with van der Waals surface area (Å²) in [6, 6.07) is 26.4. The van der Waals surface area contributed by atoms with E-state index in [0.717, 1.165) is 95.2 Å². The standard InChI is InChI=1S/C60H72N8.2C5H9N.Fe/c1-5-9-13-17-21-29-41-33-25-37-45-49(41)57-62-53(45)61-54-46-38-26-34-42(30-22-18-14-10-6-2)50(46)58(63-54)65-56-48-40-28-36-44(32-24-20-16-12-8-4)52(48)60(67-56)68-59-51-43(31-23-19-15-11-7-3)35-27-39-47(51)55(64-57)66-59;2*1-5(2,3)6-4;/h25-28,33-40H,5-24,29-32H2,1-4H3;2*1-3H3;/q-2;;;+2. The van der Waals surface area contributed by atoms with Crippen LogP contribution < -0.4 is 9.97 Å². The summed E-state index contributed by atoms with van der Waals surface area (Å²) >= 11 is 0. The van der Waals surface area contributed by atoms with Crippen LogP contribution in [-0.2, 0) is 42.8 Å². The summed E-state index contributed by atoms with van der Waals surface area (Å²) in [4.78, 5) is 50.0. The quantitative estimate of drug-likeness (QED) is 0.0334. The zero-order valence-corrected chi connectivity index (χ0v) is 51.8. The molecule has 7 aromatic rings. The monoisotopic (exact) mass is 1130 g/mol. The van der Waals surface area contributed by atoms with E-state index < -0.39 is 0 Å². The van der Waals surface area contributed by atoms with E-state index in [1.165, 1.54) is 125 Å². The van der Waals surface area contributed by atoms with E-state index in [0.29, 0.717) is 45.9 Å². The van der Waals surface area contributed by atoms with Crippen LogP contribution in [0.3, 0.4) is 0 Å². The van der Waals surface area contributed by atoms with Crippen LogP contribution in [0.2, 0.25) is 0 Å². The Kier molecular flexibility index (Phi) is 24.7. The maximum absolute atomic E-state index is 6.48. The van der Waals surface area contributed by atoms with Gasteiger partial charge in [0.2, 0.25) is 11.1 Å². The fourth-order valence-corrected chi connectivity index (χ4v) is 10.6. The van der Waals surface area contributed by atoms with Gasteiger partial charge in [0, 0.05) is 86.4 Å². The Morgan fingerprint density at radius 3 is 0.988 bits per heavy atom. The van der Waals surface area contributed by atoms with Gasteiger partial charge in [0.05, 0.1) is 23.3 Å². The Balaban J connectivity index is 0.000000735. The largest absolute Gasteiger partial charge is 2.00 e. The van der Waals surface area contributed by atoms with E-state index in [1.54, 1.807) is 0 Å². The number of hydrogen-bond acceptors (Lipinski definition) is 6. The molecule has 81 heavy (non-hydrogen) atoms. The number of rotatable bonds is 24. The molecule has 0 N–H and O–H groups in total. The first kappa shape index (κ1) is 63.9. The van der Waals surface area contributed by atoms with Gasteiger partial charge in [-0.3, -0.25) is 0 Å². The molecule has 0 atom stereocenters. The number of unbranched alkanes of at least 4 members (excludes halogenated alkanes) is 16. The van der Waals surface area contributed by atoms with Gasteiger partial charge in [0.1, 0.15) is 0 Å². The summed E-state index contributed by atoms with van der Waals surface area (Å²) in [6.45, 7) is 33.4. The molecule has 8 bridgehead atoms. The first-order valence-electron chi connectivity index (χ1n) is 30.7. The van der Waals surface area contributed by atoms with Crippen LogP contribution in [0.1, 0.15) is 220 Å². The third kappa shape index (κ3) is 17.4. The first-order valence-corrected chi connectivity index (χ1v) is 30.7. The van der Waals surface area contributed by atoms with Gasteiger partial charge < -0.3 is 39.6 Å². The van der Waals surface area contributed by atoms with E-state index >= 15 is 0 Å². The van der Waals surface area contributed by atoms with Gasteiger partial charge in [0.25, 0.3) is 0 Å². The van der Waals surface area contributed by atoms with Crippen molar-refractivity contribution < 1.29 is 17.1 Å². The van der Waals surface area contributed by atoms with Crippen molar-refractivity contribution in [3.63, 3.8) is 0 Å². The van der Waals surface area contributed by atoms with E-state index in [1.807, 2.05) is 41.5 Å². The summed E-state index contributed by atoms with van der Waals surface area (Å²) in [5.74, 6) is 2.59. The van der Waals surface area contributed by atoms with Gasteiger partial charge in [-0.1, -0.05) is 203 Å². The minimum absolute atomic E-state index is 0. The van der Waals surface area contributed by atoms with Crippen molar-refractivity contribution in [1.82, 2.24) is 39.9 Å². The molecule has 5 heterocycles. The summed E-state index contributed by atoms with van der Waals surface area (Å²) in [5.41, 5.74) is 11.4. The number of hydrogen-bond donors (Lipinski definition) is 0. The van der Waals surface area contributed by atoms with Crippen molar-refractivity contribution in [2.75, 3.05) is 0 Å². The number of aryl methyl sites for hydroxylation is 4. The van der Waals surface area contributed by atoms with Crippen molar-refractivity contribution in [2.24, 2.45) is 0 Å². The van der Waals surface area contributed by atoms with Crippen LogP contribution in [-0.4, -0.2) is 41.0 Å². The smallest absolute Gasteiger partial charge is 0.357 e. The molecule has 428 valence electrons. The first-order chi connectivity index (χ1) is 38.7. The van der Waals surface area contributed by atoms with Gasteiger partial charge in [-0.05, 0) is 95.2 Å². The van der Waals surface area contributed by atoms with E-state index in [-0.39, 0.29) is 28.1 Å². The van der Waals surface area contributed by atoms with Crippen LogP contribution in [0.4, 0.5) is 0 Å². The molecule has 2 aliphatic heterocycles. The number of nitrogens with zero attached hydrogens (tertiary/aromatic N) is 10. The molecule has 11 heteroatoms. The third-order valence-corrected chi connectivity index (χ3v) is 15.0. The molecule has 3 aromatic heterocycles. The number of fused-ring (bicyclic) bond motifs is 20. The van der Waals surface area contributed by atoms with Crippen LogP contribution in [0, 0.1) is 13.1 Å². The maximum atomic E-state index is 6.48. The van der Waals surface area contributed by atoms with Crippen molar-refractivity contribution in [3.8, 4) is 45.6 Å². The molecule has 0 saturated heterocycles. The SMILES string of the molecule is CCCCCCCc1cccc2c1-c1nc-2nc2[n-]c(nc3nc(nc4[n-]c(n1)c1cccc(CCCCCCC)c41)-c1c(CCCCCCC)cccc1-3)c1c(CCCCCCC)cccc21.[C-]#[N+]C(C)(C)C.[C-]#[N+]C(C)(C)C.[Fe+2]. The maximum Gasteiger partial charge on any atom is 2.00 e. The minimum atomic E-state index is -0.167. The van der Waals surface area contributed by atoms with Crippen molar-refractivity contribution in [2.45, 2.75) is 234 Å². The third-order valence-electron chi connectivity index (χ3n) is 15.0. The molecule has 0 amide bonds. The fraction of sp³-hybridized carbons (Fsp3) is 0.514. The Hall–Kier alpha value is -6.26. The van der Waals surface area contributed by atoms with Crippen LogP contribution in [0.5, 0.6) is 0 Å². The normalized spacial score (nSPS) is 11.7. The Labute approximate surface area is 496 Å². The molecule has 4 aromatic carbocycles. The van der Waals surface area contributed by atoms with Crippen molar-refractivity contribution in [3.05, 3.63) is 118 Å². The Bertz CT molecular complexity index is 3390. The second-order valence-corrected chi connectivity index (χ2v) is 24.1. The molecule has 0 unspecified atom stereocenters. The summed E-state index contributed by atoms with van der Waals surface area (Å²) in [7, 11) is 0. The Morgan fingerprint density at radius 2 is 0.642 bits per heavy atom. The van der Waals surface area contributed by atoms with Gasteiger partial charge in [-0.15, -0.1) is 0 Å². The van der Waals surface area contributed by atoms with Crippen LogP contribution >= 0.6 is 0 Å². The van der Waals surface area contributed by atoms with Crippen molar-refractivity contribution in [1.29, 1.82) is 0 Å². The van der Waals surface area contributed by atoms with Crippen LogP contribution in [0.15, 0.2) is 72.8 Å². The molecule has 9 rings (SSSR count). The average molecular weight is 1130 g/mol. The second kappa shape index (κ2) is 31.2. The minimum Gasteiger partial charge on any atom is -0.357 e. The summed E-state index contributed by atoms with van der Waals surface area (Å²) in [5, 5.41) is 4.10. The molecule has 10 nitrogen and oxygen atoms in total. The molecule has 2 aliphatic rings. The second-order valence-electron chi connectivity index (χ2n) is 24.1. The summed E-state index contributed by atoms with van der Waals surface area (Å²) in [6.07, 6.45) is 28.0. The molecular weight excluding hydrogens is 1040 g/mol. The number of benzene rings is 4. The molecular formula is C70H90FeN10.